The molecule has 1 aromatic rings. The van der Waals surface area contributed by atoms with Gasteiger partial charge in [-0.05, 0) is 36.5 Å². The van der Waals surface area contributed by atoms with E-state index >= 15 is 0 Å². The number of hydrogen-bond donors (Lipinski definition) is 1. The van der Waals surface area contributed by atoms with Gasteiger partial charge in [-0.15, -0.1) is 0 Å². The third-order valence-electron chi connectivity index (χ3n) is 3.74. The highest BCUT2D eigenvalue weighted by Crippen LogP contribution is 2.37. The summed E-state index contributed by atoms with van der Waals surface area (Å²) in [4.78, 5) is 0. The van der Waals surface area contributed by atoms with Crippen LogP contribution in [0.3, 0.4) is 0 Å². The van der Waals surface area contributed by atoms with E-state index in [1.165, 1.54) is 12.1 Å². The third-order valence-corrected chi connectivity index (χ3v) is 3.74. The average Bonchev–Trinajstić information content (AvgIpc) is 3.26. The van der Waals surface area contributed by atoms with E-state index in [9.17, 15) is 13.2 Å². The lowest BCUT2D eigenvalue weighted by Crippen LogP contribution is -2.17. The lowest BCUT2D eigenvalue weighted by atomic mass is 10.1. The van der Waals surface area contributed by atoms with Crippen molar-refractivity contribution in [2.75, 3.05) is 6.61 Å². The molecule has 0 radical (unpaired) electrons. The Labute approximate surface area is 123 Å². The maximum atomic E-state index is 13.1. The molecular weight excluding hydrogens is 279 g/mol. The summed E-state index contributed by atoms with van der Waals surface area (Å²) in [6.45, 7) is 4.73. The molecule has 21 heavy (non-hydrogen) atoms. The molecule has 0 amide bonds. The molecule has 1 fully saturated rings. The minimum absolute atomic E-state index is 0.0713. The lowest BCUT2D eigenvalue weighted by Gasteiger charge is -2.17. The molecule has 0 heterocycles. The maximum Gasteiger partial charge on any atom is 0.419 e. The molecule has 1 atom stereocenters. The van der Waals surface area contributed by atoms with Crippen LogP contribution in [-0.2, 0) is 12.7 Å². The molecule has 1 aliphatic carbocycles. The van der Waals surface area contributed by atoms with Crippen molar-refractivity contribution in [1.82, 2.24) is 5.32 Å². The van der Waals surface area contributed by atoms with Gasteiger partial charge in [-0.3, -0.25) is 0 Å². The molecule has 1 N–H and O–H groups in total. The Bertz CT molecular complexity index is 469. The highest BCUT2D eigenvalue weighted by Gasteiger charge is 2.34. The van der Waals surface area contributed by atoms with E-state index in [1.807, 2.05) is 13.8 Å². The Morgan fingerprint density at radius 3 is 2.62 bits per heavy atom. The van der Waals surface area contributed by atoms with Gasteiger partial charge in [-0.25, -0.2) is 0 Å². The smallest absolute Gasteiger partial charge is 0.419 e. The van der Waals surface area contributed by atoms with E-state index in [2.05, 4.69) is 5.32 Å². The van der Waals surface area contributed by atoms with Crippen LogP contribution in [0.4, 0.5) is 13.2 Å². The van der Waals surface area contributed by atoms with Gasteiger partial charge >= 0.3 is 6.18 Å². The molecule has 0 saturated heterocycles. The summed E-state index contributed by atoms with van der Waals surface area (Å²) in [5.74, 6) is 0.167. The molecular formula is C16H22F3NO. The fourth-order valence-corrected chi connectivity index (χ4v) is 1.93. The number of rotatable bonds is 7. The van der Waals surface area contributed by atoms with Gasteiger partial charge in [0.25, 0.3) is 0 Å². The van der Waals surface area contributed by atoms with E-state index in [1.54, 1.807) is 6.07 Å². The van der Waals surface area contributed by atoms with Gasteiger partial charge in [0.05, 0.1) is 12.2 Å². The van der Waals surface area contributed by atoms with E-state index in [4.69, 9.17) is 4.74 Å². The molecule has 2 nitrogen and oxygen atoms in total. The molecule has 118 valence electrons. The Kier molecular flexibility index (Phi) is 5.14. The van der Waals surface area contributed by atoms with E-state index in [0.717, 1.165) is 19.3 Å². The van der Waals surface area contributed by atoms with E-state index in [0.29, 0.717) is 24.8 Å². The molecule has 0 bridgehead atoms. The molecule has 0 spiro atoms. The number of nitrogens with one attached hydrogen (secondary N) is 1. The SMILES string of the molecule is CCC(C)COc1ccc(CNC2CC2)cc1C(F)(F)F. The standard InChI is InChI=1S/C16H22F3NO/c1-3-11(2)10-21-15-7-4-12(9-20-13-5-6-13)8-14(15)16(17,18)19/h4,7-8,11,13,20H,3,5-6,9-10H2,1-2H3. The first-order chi connectivity index (χ1) is 9.90. The summed E-state index contributed by atoms with van der Waals surface area (Å²) in [5.41, 5.74) is -0.0361. The molecule has 1 aromatic carbocycles. The third kappa shape index (κ3) is 4.92. The first-order valence-electron chi connectivity index (χ1n) is 7.46. The van der Waals surface area contributed by atoms with Crippen LogP contribution in [0.15, 0.2) is 18.2 Å². The number of halogens is 3. The summed E-state index contributed by atoms with van der Waals surface area (Å²) >= 11 is 0. The van der Waals surface area contributed by atoms with Crippen molar-refractivity contribution in [3.63, 3.8) is 0 Å². The minimum Gasteiger partial charge on any atom is -0.493 e. The van der Waals surface area contributed by atoms with Crippen LogP contribution in [0.2, 0.25) is 0 Å². The highest BCUT2D eigenvalue weighted by atomic mass is 19.4. The van der Waals surface area contributed by atoms with Crippen molar-refractivity contribution < 1.29 is 17.9 Å². The van der Waals surface area contributed by atoms with Crippen LogP contribution in [0, 0.1) is 5.92 Å². The Balaban J connectivity index is 2.10. The van der Waals surface area contributed by atoms with Crippen molar-refractivity contribution in [2.24, 2.45) is 5.92 Å². The van der Waals surface area contributed by atoms with Crippen molar-refractivity contribution >= 4 is 0 Å². The average molecular weight is 301 g/mol. The lowest BCUT2D eigenvalue weighted by molar-refractivity contribution is -0.139. The van der Waals surface area contributed by atoms with Crippen LogP contribution >= 0.6 is 0 Å². The van der Waals surface area contributed by atoms with Crippen LogP contribution in [0.25, 0.3) is 0 Å². The second kappa shape index (κ2) is 6.69. The summed E-state index contributed by atoms with van der Waals surface area (Å²) < 4.78 is 44.8. The van der Waals surface area contributed by atoms with Crippen LogP contribution in [-0.4, -0.2) is 12.6 Å². The first-order valence-corrected chi connectivity index (χ1v) is 7.46. The predicted molar refractivity (Wildman–Crippen MR) is 76.3 cm³/mol. The van der Waals surface area contributed by atoms with Crippen molar-refractivity contribution in [3.05, 3.63) is 29.3 Å². The molecule has 0 aromatic heterocycles. The van der Waals surface area contributed by atoms with Crippen molar-refractivity contribution in [2.45, 2.75) is 51.9 Å². The fourth-order valence-electron chi connectivity index (χ4n) is 1.93. The second-order valence-electron chi connectivity index (χ2n) is 5.81. The van der Waals surface area contributed by atoms with Gasteiger partial charge in [-0.1, -0.05) is 26.3 Å². The Morgan fingerprint density at radius 1 is 1.33 bits per heavy atom. The normalized spacial score (nSPS) is 16.8. The molecule has 1 aliphatic rings. The predicted octanol–water partition coefficient (Wildman–Crippen LogP) is 4.38. The molecule has 2 rings (SSSR count). The second-order valence-corrected chi connectivity index (χ2v) is 5.81. The summed E-state index contributed by atoms with van der Waals surface area (Å²) in [6, 6.07) is 4.81. The maximum absolute atomic E-state index is 13.1. The van der Waals surface area contributed by atoms with Gasteiger partial charge in [-0.2, -0.15) is 13.2 Å². The van der Waals surface area contributed by atoms with Crippen LogP contribution < -0.4 is 10.1 Å². The summed E-state index contributed by atoms with van der Waals surface area (Å²) in [5, 5.41) is 3.22. The summed E-state index contributed by atoms with van der Waals surface area (Å²) in [7, 11) is 0. The topological polar surface area (TPSA) is 21.3 Å². The zero-order chi connectivity index (χ0) is 15.5. The minimum atomic E-state index is -4.39. The summed E-state index contributed by atoms with van der Waals surface area (Å²) in [6.07, 6.45) is -1.28. The molecule has 1 unspecified atom stereocenters. The van der Waals surface area contributed by atoms with Gasteiger partial charge < -0.3 is 10.1 Å². The van der Waals surface area contributed by atoms with Crippen molar-refractivity contribution in [3.8, 4) is 5.75 Å². The number of hydrogen-bond acceptors (Lipinski definition) is 2. The first kappa shape index (κ1) is 16.1. The van der Waals surface area contributed by atoms with Gasteiger partial charge in [0.1, 0.15) is 5.75 Å². The van der Waals surface area contributed by atoms with Gasteiger partial charge in [0, 0.05) is 12.6 Å². The highest BCUT2D eigenvalue weighted by molar-refractivity contribution is 5.39. The number of ether oxygens (including phenoxy) is 1. The molecule has 1 saturated carbocycles. The zero-order valence-corrected chi connectivity index (χ0v) is 12.5. The fraction of sp³-hybridized carbons (Fsp3) is 0.625. The largest absolute Gasteiger partial charge is 0.493 e. The van der Waals surface area contributed by atoms with Crippen molar-refractivity contribution in [1.29, 1.82) is 0 Å². The monoisotopic (exact) mass is 301 g/mol. The quantitative estimate of drug-likeness (QED) is 0.807. The number of benzene rings is 1. The van der Waals surface area contributed by atoms with E-state index < -0.39 is 11.7 Å². The van der Waals surface area contributed by atoms with Gasteiger partial charge in [0.15, 0.2) is 0 Å². The Hall–Kier alpha value is -1.23. The number of alkyl halides is 3. The Morgan fingerprint density at radius 2 is 2.05 bits per heavy atom. The molecule has 5 heteroatoms. The van der Waals surface area contributed by atoms with Crippen LogP contribution in [0.5, 0.6) is 5.75 Å². The van der Waals surface area contributed by atoms with E-state index in [-0.39, 0.29) is 11.7 Å². The molecule has 0 aliphatic heterocycles. The van der Waals surface area contributed by atoms with Crippen LogP contribution in [0.1, 0.15) is 44.2 Å². The van der Waals surface area contributed by atoms with Gasteiger partial charge in [0.2, 0.25) is 0 Å². The zero-order valence-electron chi connectivity index (χ0n) is 12.5.